The lowest BCUT2D eigenvalue weighted by Gasteiger charge is -2.17. The van der Waals surface area contributed by atoms with E-state index in [4.69, 9.17) is 4.42 Å². The minimum Gasteiger partial charge on any atom is -0.407 e. The number of hydrogen-bond donors (Lipinski definition) is 1. The molecule has 0 spiro atoms. The third-order valence-corrected chi connectivity index (χ3v) is 6.20. The van der Waals surface area contributed by atoms with Crippen LogP contribution in [0.5, 0.6) is 0 Å². The summed E-state index contributed by atoms with van der Waals surface area (Å²) < 4.78 is 6.45. The number of fused-ring (bicyclic) bond motifs is 2. The Bertz CT molecular complexity index is 1540. The van der Waals surface area contributed by atoms with Crippen LogP contribution >= 0.6 is 0 Å². The van der Waals surface area contributed by atoms with Crippen LogP contribution in [0.2, 0.25) is 0 Å². The summed E-state index contributed by atoms with van der Waals surface area (Å²) in [6, 6.07) is 18.6. The molecule has 0 atom stereocenters. The molecule has 0 aliphatic carbocycles. The number of carbonyl (C=O) groups excluding carboxylic acids is 2. The van der Waals surface area contributed by atoms with Gasteiger partial charge < -0.3 is 14.6 Å². The zero-order valence-corrected chi connectivity index (χ0v) is 19.2. The maximum atomic E-state index is 12.9. The molecule has 0 bridgehead atoms. The molecule has 1 aliphatic rings. The van der Waals surface area contributed by atoms with Crippen molar-refractivity contribution in [1.29, 1.82) is 0 Å². The summed E-state index contributed by atoms with van der Waals surface area (Å²) in [5.41, 5.74) is 3.59. The summed E-state index contributed by atoms with van der Waals surface area (Å²) in [7, 11) is 0. The lowest BCUT2D eigenvalue weighted by atomic mass is 10.1. The van der Waals surface area contributed by atoms with Gasteiger partial charge in [-0.05, 0) is 54.8 Å². The van der Waals surface area contributed by atoms with Crippen molar-refractivity contribution in [2.24, 2.45) is 0 Å². The van der Waals surface area contributed by atoms with Crippen molar-refractivity contribution >= 4 is 40.0 Å². The molecule has 0 unspecified atom stereocenters. The van der Waals surface area contributed by atoms with Crippen LogP contribution < -0.4 is 16.0 Å². The molecule has 1 aliphatic heterocycles. The lowest BCUT2D eigenvalue weighted by molar-refractivity contribution is -0.384. The van der Waals surface area contributed by atoms with Crippen molar-refractivity contribution in [3.05, 3.63) is 98.5 Å². The summed E-state index contributed by atoms with van der Waals surface area (Å²) in [5, 5.41) is 13.7. The van der Waals surface area contributed by atoms with Gasteiger partial charge in [0, 0.05) is 42.5 Å². The Kier molecular flexibility index (Phi) is 6.07. The Morgan fingerprint density at radius 3 is 2.61 bits per heavy atom. The molecule has 10 heteroatoms. The molecule has 1 aromatic heterocycles. The van der Waals surface area contributed by atoms with E-state index >= 15 is 0 Å². The van der Waals surface area contributed by atoms with Crippen LogP contribution in [0.15, 0.2) is 75.9 Å². The third kappa shape index (κ3) is 4.48. The number of aromatic nitrogens is 1. The van der Waals surface area contributed by atoms with Gasteiger partial charge in [0.15, 0.2) is 5.58 Å². The summed E-state index contributed by atoms with van der Waals surface area (Å²) in [5.74, 6) is -0.952. The average molecular weight is 486 g/mol. The molecule has 10 nitrogen and oxygen atoms in total. The van der Waals surface area contributed by atoms with Crippen molar-refractivity contribution in [3.8, 4) is 0 Å². The number of oxazole rings is 1. The number of non-ortho nitro benzene ring substituents is 1. The van der Waals surface area contributed by atoms with Gasteiger partial charge in [-0.25, -0.2) is 4.79 Å². The molecule has 4 aromatic rings. The molecule has 3 aromatic carbocycles. The first-order valence-corrected chi connectivity index (χ1v) is 11.5. The number of nitro benzene ring substituents is 1. The van der Waals surface area contributed by atoms with E-state index in [-0.39, 0.29) is 36.1 Å². The van der Waals surface area contributed by atoms with Gasteiger partial charge in [-0.1, -0.05) is 18.2 Å². The number of nitrogens with zero attached hydrogens (tertiary/aromatic N) is 3. The first kappa shape index (κ1) is 23.0. The van der Waals surface area contributed by atoms with Gasteiger partial charge in [-0.2, -0.15) is 0 Å². The molecule has 1 N–H and O–H groups in total. The van der Waals surface area contributed by atoms with Crippen LogP contribution in [-0.4, -0.2) is 27.8 Å². The standard InChI is InChI=1S/C26H22N4O6/c31-24(6-3-14-29-22-12-11-20(30(34)35)16-23(22)36-26(29)33)27-19-9-7-18(8-10-19)25(32)28-15-13-17-4-1-2-5-21(17)28/h1-2,4-5,7-12,16H,3,6,13-15H2,(H,27,31). The maximum Gasteiger partial charge on any atom is 0.419 e. The summed E-state index contributed by atoms with van der Waals surface area (Å²) in [6.07, 6.45) is 1.34. The Morgan fingerprint density at radius 2 is 1.83 bits per heavy atom. The van der Waals surface area contributed by atoms with Crippen molar-refractivity contribution in [1.82, 2.24) is 4.57 Å². The van der Waals surface area contributed by atoms with E-state index < -0.39 is 10.7 Å². The highest BCUT2D eigenvalue weighted by molar-refractivity contribution is 6.07. The van der Waals surface area contributed by atoms with E-state index in [2.05, 4.69) is 5.32 Å². The van der Waals surface area contributed by atoms with Crippen LogP contribution in [0.1, 0.15) is 28.8 Å². The van der Waals surface area contributed by atoms with Crippen LogP contribution in [0, 0.1) is 10.1 Å². The highest BCUT2D eigenvalue weighted by Gasteiger charge is 2.25. The minimum atomic E-state index is -0.633. The quantitative estimate of drug-likeness (QED) is 0.309. The first-order chi connectivity index (χ1) is 17.4. The smallest absolute Gasteiger partial charge is 0.407 e. The monoisotopic (exact) mass is 486 g/mol. The van der Waals surface area contributed by atoms with Crippen molar-refractivity contribution < 1.29 is 18.9 Å². The van der Waals surface area contributed by atoms with Gasteiger partial charge in [-0.15, -0.1) is 0 Å². The highest BCUT2D eigenvalue weighted by Crippen LogP contribution is 2.29. The van der Waals surface area contributed by atoms with E-state index in [1.807, 2.05) is 24.3 Å². The fourth-order valence-electron chi connectivity index (χ4n) is 4.40. The number of nitro groups is 1. The molecular weight excluding hydrogens is 464 g/mol. The Balaban J connectivity index is 1.17. The molecule has 5 rings (SSSR count). The summed E-state index contributed by atoms with van der Waals surface area (Å²) in [4.78, 5) is 49.6. The molecular formula is C26H22N4O6. The number of aryl methyl sites for hydroxylation is 1. The van der Waals surface area contributed by atoms with Gasteiger partial charge >= 0.3 is 5.76 Å². The molecule has 2 heterocycles. The molecule has 2 amide bonds. The third-order valence-electron chi connectivity index (χ3n) is 6.20. The fraction of sp³-hybridized carbons (Fsp3) is 0.192. The topological polar surface area (TPSA) is 128 Å². The number of amides is 2. The first-order valence-electron chi connectivity index (χ1n) is 11.5. The number of benzene rings is 3. The van der Waals surface area contributed by atoms with E-state index in [1.54, 1.807) is 29.2 Å². The second kappa shape index (κ2) is 9.49. The van der Waals surface area contributed by atoms with Gasteiger partial charge in [0.05, 0.1) is 16.5 Å². The van der Waals surface area contributed by atoms with Gasteiger partial charge in [0.25, 0.3) is 11.6 Å². The number of carbonyl (C=O) groups is 2. The van der Waals surface area contributed by atoms with E-state index in [0.29, 0.717) is 29.7 Å². The molecule has 0 saturated heterocycles. The normalized spacial score (nSPS) is 12.5. The van der Waals surface area contributed by atoms with Crippen molar-refractivity contribution in [2.45, 2.75) is 25.8 Å². The van der Waals surface area contributed by atoms with Gasteiger partial charge in [-0.3, -0.25) is 24.3 Å². The summed E-state index contributed by atoms with van der Waals surface area (Å²) in [6.45, 7) is 0.865. The van der Waals surface area contributed by atoms with Gasteiger partial charge in [0.1, 0.15) is 0 Å². The maximum absolute atomic E-state index is 12.9. The zero-order chi connectivity index (χ0) is 25.2. The predicted molar refractivity (Wildman–Crippen MR) is 133 cm³/mol. The highest BCUT2D eigenvalue weighted by atomic mass is 16.6. The zero-order valence-electron chi connectivity index (χ0n) is 19.2. The average Bonchev–Trinajstić information content (AvgIpc) is 3.44. The molecule has 0 saturated carbocycles. The second-order valence-electron chi connectivity index (χ2n) is 8.49. The summed E-state index contributed by atoms with van der Waals surface area (Å²) >= 11 is 0. The lowest BCUT2D eigenvalue weighted by Crippen LogP contribution is -2.28. The van der Waals surface area contributed by atoms with Crippen LogP contribution in [-0.2, 0) is 17.8 Å². The van der Waals surface area contributed by atoms with E-state index in [9.17, 15) is 24.5 Å². The minimum absolute atomic E-state index is 0.0825. The number of para-hydroxylation sites is 1. The number of anilines is 2. The molecule has 0 fully saturated rings. The Morgan fingerprint density at radius 1 is 1.06 bits per heavy atom. The molecule has 182 valence electrons. The van der Waals surface area contributed by atoms with Crippen molar-refractivity contribution in [2.75, 3.05) is 16.8 Å². The number of hydrogen-bond acceptors (Lipinski definition) is 6. The van der Waals surface area contributed by atoms with E-state index in [0.717, 1.165) is 17.7 Å². The van der Waals surface area contributed by atoms with Crippen LogP contribution in [0.4, 0.5) is 17.1 Å². The van der Waals surface area contributed by atoms with Crippen LogP contribution in [0.3, 0.4) is 0 Å². The number of rotatable bonds is 7. The Hall–Kier alpha value is -4.73. The largest absolute Gasteiger partial charge is 0.419 e. The van der Waals surface area contributed by atoms with Gasteiger partial charge in [0.2, 0.25) is 5.91 Å². The number of nitrogens with one attached hydrogen (secondary N) is 1. The fourth-order valence-corrected chi connectivity index (χ4v) is 4.40. The second-order valence-corrected chi connectivity index (χ2v) is 8.49. The van der Waals surface area contributed by atoms with Crippen LogP contribution in [0.25, 0.3) is 11.1 Å². The predicted octanol–water partition coefficient (Wildman–Crippen LogP) is 4.12. The SMILES string of the molecule is O=C(CCCn1c(=O)oc2cc([N+](=O)[O-])ccc21)Nc1ccc(C(=O)N2CCc3ccccc32)cc1. The molecule has 36 heavy (non-hydrogen) atoms. The van der Waals surface area contributed by atoms with Crippen molar-refractivity contribution in [3.63, 3.8) is 0 Å². The Labute approximate surface area is 204 Å². The van der Waals surface area contributed by atoms with E-state index in [1.165, 1.54) is 22.8 Å². The molecule has 0 radical (unpaired) electrons.